The number of nitrogens with one attached hydrogen (secondary N) is 1. The number of aliphatic carboxylic acids is 1. The van der Waals surface area contributed by atoms with Gasteiger partial charge in [0.2, 0.25) is 11.8 Å². The van der Waals surface area contributed by atoms with Gasteiger partial charge in [0.05, 0.1) is 12.0 Å². The topological polar surface area (TPSA) is 86.7 Å². The van der Waals surface area contributed by atoms with Crippen LogP contribution >= 0.6 is 0 Å². The third kappa shape index (κ3) is 3.05. The molecule has 6 nitrogen and oxygen atoms in total. The lowest BCUT2D eigenvalue weighted by atomic mass is 9.82. The zero-order valence-electron chi connectivity index (χ0n) is 11.0. The molecule has 0 unspecified atom stereocenters. The van der Waals surface area contributed by atoms with Crippen LogP contribution in [0.15, 0.2) is 0 Å². The Morgan fingerprint density at radius 3 is 2.58 bits per heavy atom. The molecule has 2 rings (SSSR count). The van der Waals surface area contributed by atoms with E-state index >= 15 is 0 Å². The molecule has 0 spiro atoms. The predicted octanol–water partition coefficient (Wildman–Crippen LogP) is 0.370. The molecule has 1 aliphatic carbocycles. The molecule has 2 aliphatic rings. The fraction of sp³-hybridized carbons (Fsp3) is 0.769. The Labute approximate surface area is 112 Å². The van der Waals surface area contributed by atoms with Gasteiger partial charge in [-0.2, -0.15) is 0 Å². The predicted molar refractivity (Wildman–Crippen MR) is 67.4 cm³/mol. The summed E-state index contributed by atoms with van der Waals surface area (Å²) in [6.07, 6.45) is 3.59. The van der Waals surface area contributed by atoms with Crippen LogP contribution in [0, 0.1) is 5.41 Å². The SMILES string of the molecule is O=C1CN(C(=O)CC2(C(=O)O)CCCC2)CCCN1. The molecule has 6 heteroatoms. The summed E-state index contributed by atoms with van der Waals surface area (Å²) < 4.78 is 0. The summed E-state index contributed by atoms with van der Waals surface area (Å²) in [5, 5.41) is 12.1. The van der Waals surface area contributed by atoms with Crippen LogP contribution < -0.4 is 5.32 Å². The van der Waals surface area contributed by atoms with Crippen molar-refractivity contribution < 1.29 is 19.5 Å². The first-order valence-electron chi connectivity index (χ1n) is 6.81. The van der Waals surface area contributed by atoms with E-state index in [1.165, 1.54) is 4.90 Å². The highest BCUT2D eigenvalue weighted by molar-refractivity contribution is 5.88. The normalized spacial score (nSPS) is 22.7. The van der Waals surface area contributed by atoms with E-state index in [1.807, 2.05) is 0 Å². The first-order valence-corrected chi connectivity index (χ1v) is 6.81. The van der Waals surface area contributed by atoms with E-state index in [4.69, 9.17) is 0 Å². The minimum Gasteiger partial charge on any atom is -0.481 e. The minimum absolute atomic E-state index is 0.0234. The molecule has 2 fully saturated rings. The number of carboxylic acid groups (broad SMARTS) is 1. The number of hydrogen-bond donors (Lipinski definition) is 2. The first kappa shape index (κ1) is 13.8. The van der Waals surface area contributed by atoms with Crippen LogP contribution in [-0.4, -0.2) is 47.4 Å². The third-order valence-corrected chi connectivity index (χ3v) is 4.12. The van der Waals surface area contributed by atoms with Gasteiger partial charge in [-0.25, -0.2) is 0 Å². The van der Waals surface area contributed by atoms with Crippen molar-refractivity contribution in [2.45, 2.75) is 38.5 Å². The molecular weight excluding hydrogens is 248 g/mol. The molecule has 1 heterocycles. The summed E-state index contributed by atoms with van der Waals surface area (Å²) >= 11 is 0. The average Bonchev–Trinajstić information content (AvgIpc) is 2.72. The molecule has 1 saturated carbocycles. The second-order valence-corrected chi connectivity index (χ2v) is 5.49. The van der Waals surface area contributed by atoms with Crippen LogP contribution in [-0.2, 0) is 14.4 Å². The van der Waals surface area contributed by atoms with Gasteiger partial charge >= 0.3 is 5.97 Å². The smallest absolute Gasteiger partial charge is 0.310 e. The Bertz CT molecular complexity index is 388. The molecule has 0 atom stereocenters. The fourth-order valence-corrected chi connectivity index (χ4v) is 2.94. The number of carbonyl (C=O) groups is 3. The van der Waals surface area contributed by atoms with Gasteiger partial charge in [-0.05, 0) is 19.3 Å². The maximum absolute atomic E-state index is 12.2. The molecule has 0 aromatic carbocycles. The summed E-state index contributed by atoms with van der Waals surface area (Å²) in [5.74, 6) is -1.25. The molecule has 0 bridgehead atoms. The number of carboxylic acids is 1. The quantitative estimate of drug-likeness (QED) is 0.774. The highest BCUT2D eigenvalue weighted by Crippen LogP contribution is 2.41. The Kier molecular flexibility index (Phi) is 4.07. The van der Waals surface area contributed by atoms with E-state index in [2.05, 4.69) is 5.32 Å². The lowest BCUT2D eigenvalue weighted by Gasteiger charge is -2.27. The van der Waals surface area contributed by atoms with E-state index in [1.54, 1.807) is 0 Å². The van der Waals surface area contributed by atoms with E-state index < -0.39 is 11.4 Å². The molecule has 1 aliphatic heterocycles. The van der Waals surface area contributed by atoms with Gasteiger partial charge in [-0.15, -0.1) is 0 Å². The van der Waals surface area contributed by atoms with Crippen molar-refractivity contribution >= 4 is 17.8 Å². The largest absolute Gasteiger partial charge is 0.481 e. The summed E-state index contributed by atoms with van der Waals surface area (Å²) in [7, 11) is 0. The van der Waals surface area contributed by atoms with E-state index in [-0.39, 0.29) is 24.8 Å². The molecule has 19 heavy (non-hydrogen) atoms. The van der Waals surface area contributed by atoms with E-state index in [0.717, 1.165) is 19.3 Å². The standard InChI is InChI=1S/C13H20N2O4/c16-10-9-15(7-3-6-14-10)11(17)8-13(12(18)19)4-1-2-5-13/h1-9H2,(H,14,16)(H,18,19). The summed E-state index contributed by atoms with van der Waals surface area (Å²) in [6, 6.07) is 0. The lowest BCUT2D eigenvalue weighted by molar-refractivity contribution is -0.153. The average molecular weight is 268 g/mol. The van der Waals surface area contributed by atoms with Crippen LogP contribution in [0.25, 0.3) is 0 Å². The van der Waals surface area contributed by atoms with Crippen molar-refractivity contribution in [3.05, 3.63) is 0 Å². The number of carbonyl (C=O) groups excluding carboxylic acids is 2. The van der Waals surface area contributed by atoms with Gasteiger partial charge < -0.3 is 15.3 Å². The third-order valence-electron chi connectivity index (χ3n) is 4.12. The van der Waals surface area contributed by atoms with Gasteiger partial charge in [0.1, 0.15) is 0 Å². The Hall–Kier alpha value is -1.59. The number of rotatable bonds is 3. The molecule has 0 radical (unpaired) electrons. The maximum atomic E-state index is 12.2. The molecule has 1 saturated heterocycles. The van der Waals surface area contributed by atoms with Gasteiger partial charge in [0.25, 0.3) is 0 Å². The van der Waals surface area contributed by atoms with Gasteiger partial charge in [0, 0.05) is 19.5 Å². The van der Waals surface area contributed by atoms with Crippen molar-refractivity contribution in [2.75, 3.05) is 19.6 Å². The first-order chi connectivity index (χ1) is 9.03. The fourth-order valence-electron chi connectivity index (χ4n) is 2.94. The zero-order chi connectivity index (χ0) is 13.9. The Balaban J connectivity index is 2.02. The summed E-state index contributed by atoms with van der Waals surface area (Å²) in [5.41, 5.74) is -0.903. The van der Waals surface area contributed by atoms with Crippen LogP contribution in [0.2, 0.25) is 0 Å². The van der Waals surface area contributed by atoms with Crippen LogP contribution in [0.5, 0.6) is 0 Å². The highest BCUT2D eigenvalue weighted by atomic mass is 16.4. The van der Waals surface area contributed by atoms with Crippen molar-refractivity contribution in [2.24, 2.45) is 5.41 Å². The lowest BCUT2D eigenvalue weighted by Crippen LogP contribution is -2.41. The minimum atomic E-state index is -0.903. The second kappa shape index (κ2) is 5.59. The van der Waals surface area contributed by atoms with Gasteiger partial charge in [0.15, 0.2) is 0 Å². The van der Waals surface area contributed by atoms with E-state index in [9.17, 15) is 19.5 Å². The second-order valence-electron chi connectivity index (χ2n) is 5.49. The molecule has 106 valence electrons. The van der Waals surface area contributed by atoms with Crippen LogP contribution in [0.4, 0.5) is 0 Å². The number of nitrogens with zero attached hydrogens (tertiary/aromatic N) is 1. The van der Waals surface area contributed by atoms with Gasteiger partial charge in [-0.3, -0.25) is 14.4 Å². The molecular formula is C13H20N2O4. The number of amides is 2. The summed E-state index contributed by atoms with van der Waals surface area (Å²) in [6.45, 7) is 1.15. The summed E-state index contributed by atoms with van der Waals surface area (Å²) in [4.78, 5) is 36.6. The number of hydrogen-bond acceptors (Lipinski definition) is 3. The Morgan fingerprint density at radius 2 is 1.95 bits per heavy atom. The monoisotopic (exact) mass is 268 g/mol. The highest BCUT2D eigenvalue weighted by Gasteiger charge is 2.43. The maximum Gasteiger partial charge on any atom is 0.310 e. The van der Waals surface area contributed by atoms with Crippen molar-refractivity contribution in [1.29, 1.82) is 0 Å². The molecule has 0 aromatic heterocycles. The Morgan fingerprint density at radius 1 is 1.26 bits per heavy atom. The molecule has 2 N–H and O–H groups in total. The van der Waals surface area contributed by atoms with Crippen LogP contribution in [0.1, 0.15) is 38.5 Å². The zero-order valence-corrected chi connectivity index (χ0v) is 11.0. The van der Waals surface area contributed by atoms with Crippen molar-refractivity contribution in [3.63, 3.8) is 0 Å². The van der Waals surface area contributed by atoms with Gasteiger partial charge in [-0.1, -0.05) is 12.8 Å². The van der Waals surface area contributed by atoms with E-state index in [0.29, 0.717) is 25.9 Å². The van der Waals surface area contributed by atoms with Crippen LogP contribution in [0.3, 0.4) is 0 Å². The molecule has 2 amide bonds. The van der Waals surface area contributed by atoms with Crippen molar-refractivity contribution in [1.82, 2.24) is 10.2 Å². The van der Waals surface area contributed by atoms with Crippen molar-refractivity contribution in [3.8, 4) is 0 Å². The molecule has 0 aromatic rings.